The molecule has 1 aromatic heterocycles. The standard InChI is InChI=1S/C28H29N3O6/c1-19-3-4-20(2)25(17-19)36-18-26(32)29-23-7-5-21(6-8-23)22-13-15-30(16-14-22)27(33)11-9-24-10-12-28(37-24)31(34)35/h3-12,17,22H,13-16,18H2,1-2H3,(H,29,32)/b11-9+. The Morgan fingerprint density at radius 3 is 2.51 bits per heavy atom. The Bertz CT molecular complexity index is 1300. The summed E-state index contributed by atoms with van der Waals surface area (Å²) in [7, 11) is 0. The molecule has 9 heteroatoms. The number of likely N-dealkylation sites (tertiary alicyclic amines) is 1. The molecule has 4 rings (SSSR count). The van der Waals surface area contributed by atoms with Crippen LogP contribution in [-0.2, 0) is 9.59 Å². The zero-order valence-corrected chi connectivity index (χ0v) is 20.8. The lowest BCUT2D eigenvalue weighted by molar-refractivity contribution is -0.402. The van der Waals surface area contributed by atoms with Crippen LogP contribution in [0.2, 0.25) is 0 Å². The first kappa shape index (κ1) is 25.7. The van der Waals surface area contributed by atoms with Crippen LogP contribution in [0.3, 0.4) is 0 Å². The van der Waals surface area contributed by atoms with Gasteiger partial charge in [-0.1, -0.05) is 24.3 Å². The van der Waals surface area contributed by atoms with Gasteiger partial charge in [0.2, 0.25) is 5.91 Å². The first-order valence-corrected chi connectivity index (χ1v) is 12.1. The number of piperidine rings is 1. The molecule has 0 bridgehead atoms. The minimum atomic E-state index is -0.619. The van der Waals surface area contributed by atoms with E-state index < -0.39 is 4.92 Å². The van der Waals surface area contributed by atoms with Crippen molar-refractivity contribution < 1.29 is 23.7 Å². The highest BCUT2D eigenvalue weighted by Gasteiger charge is 2.23. The maximum Gasteiger partial charge on any atom is 0.433 e. The Hall–Kier alpha value is -4.40. The van der Waals surface area contributed by atoms with Gasteiger partial charge in [-0.3, -0.25) is 19.7 Å². The summed E-state index contributed by atoms with van der Waals surface area (Å²) in [6.07, 6.45) is 4.47. The van der Waals surface area contributed by atoms with E-state index in [2.05, 4.69) is 5.32 Å². The van der Waals surface area contributed by atoms with Crippen LogP contribution in [0.1, 0.15) is 41.2 Å². The predicted octanol–water partition coefficient (Wildman–Crippen LogP) is 5.24. The Kier molecular flexibility index (Phi) is 8.02. The van der Waals surface area contributed by atoms with Crippen molar-refractivity contribution in [2.75, 3.05) is 25.0 Å². The number of hydrogen-bond donors (Lipinski definition) is 1. The molecule has 0 unspecified atom stereocenters. The molecule has 0 radical (unpaired) electrons. The first-order chi connectivity index (χ1) is 17.8. The van der Waals surface area contributed by atoms with E-state index in [0.29, 0.717) is 30.4 Å². The van der Waals surface area contributed by atoms with Crippen LogP contribution in [-0.4, -0.2) is 41.3 Å². The molecule has 0 spiro atoms. The quantitative estimate of drug-likeness (QED) is 0.255. The lowest BCUT2D eigenvalue weighted by atomic mass is 9.89. The Balaban J connectivity index is 1.23. The largest absolute Gasteiger partial charge is 0.483 e. The molecule has 1 aliphatic heterocycles. The molecule has 2 amide bonds. The van der Waals surface area contributed by atoms with Crippen molar-refractivity contribution in [3.63, 3.8) is 0 Å². The van der Waals surface area contributed by atoms with Gasteiger partial charge in [0.25, 0.3) is 5.91 Å². The van der Waals surface area contributed by atoms with E-state index in [0.717, 1.165) is 29.5 Å². The Labute approximate surface area is 214 Å². The number of carbonyl (C=O) groups excluding carboxylic acids is 2. The number of nitro groups is 1. The summed E-state index contributed by atoms with van der Waals surface area (Å²) in [6, 6.07) is 16.4. The van der Waals surface area contributed by atoms with Crippen LogP contribution in [0.25, 0.3) is 6.08 Å². The third kappa shape index (κ3) is 6.84. The molecular formula is C28H29N3O6. The van der Waals surface area contributed by atoms with E-state index in [1.54, 1.807) is 4.90 Å². The summed E-state index contributed by atoms with van der Waals surface area (Å²) in [5.74, 6) is 0.549. The zero-order chi connectivity index (χ0) is 26.4. The van der Waals surface area contributed by atoms with Crippen LogP contribution >= 0.6 is 0 Å². The van der Waals surface area contributed by atoms with Crippen molar-refractivity contribution in [2.45, 2.75) is 32.6 Å². The fourth-order valence-electron chi connectivity index (χ4n) is 4.26. The zero-order valence-electron chi connectivity index (χ0n) is 20.8. The maximum absolute atomic E-state index is 12.5. The normalized spacial score (nSPS) is 14.1. The number of furan rings is 1. The van der Waals surface area contributed by atoms with Gasteiger partial charge in [-0.25, -0.2) is 0 Å². The lowest BCUT2D eigenvalue weighted by Gasteiger charge is -2.31. The highest BCUT2D eigenvalue weighted by atomic mass is 16.6. The summed E-state index contributed by atoms with van der Waals surface area (Å²) >= 11 is 0. The Morgan fingerprint density at radius 1 is 1.11 bits per heavy atom. The van der Waals surface area contributed by atoms with Gasteiger partial charge >= 0.3 is 5.88 Å². The van der Waals surface area contributed by atoms with Crippen molar-refractivity contribution in [1.82, 2.24) is 4.90 Å². The molecule has 0 saturated carbocycles. The first-order valence-electron chi connectivity index (χ1n) is 12.1. The number of ether oxygens (including phenoxy) is 1. The topological polar surface area (TPSA) is 115 Å². The fourth-order valence-corrected chi connectivity index (χ4v) is 4.26. The van der Waals surface area contributed by atoms with E-state index >= 15 is 0 Å². The number of aryl methyl sites for hydroxylation is 2. The molecule has 1 N–H and O–H groups in total. The fraction of sp³-hybridized carbons (Fsp3) is 0.286. The molecule has 2 aromatic carbocycles. The number of nitrogens with one attached hydrogen (secondary N) is 1. The molecule has 192 valence electrons. The number of benzene rings is 2. The molecule has 0 atom stereocenters. The third-order valence-corrected chi connectivity index (χ3v) is 6.36. The number of anilines is 1. The van der Waals surface area contributed by atoms with E-state index in [9.17, 15) is 19.7 Å². The minimum absolute atomic E-state index is 0.0657. The third-order valence-electron chi connectivity index (χ3n) is 6.36. The van der Waals surface area contributed by atoms with Gasteiger partial charge in [0, 0.05) is 24.9 Å². The van der Waals surface area contributed by atoms with Crippen molar-refractivity contribution >= 4 is 29.5 Å². The second-order valence-electron chi connectivity index (χ2n) is 9.09. The predicted molar refractivity (Wildman–Crippen MR) is 139 cm³/mol. The van der Waals surface area contributed by atoms with Crippen LogP contribution in [0.5, 0.6) is 5.75 Å². The van der Waals surface area contributed by atoms with Crippen molar-refractivity contribution in [3.8, 4) is 5.75 Å². The van der Waals surface area contributed by atoms with Crippen molar-refractivity contribution in [1.29, 1.82) is 0 Å². The van der Waals surface area contributed by atoms with Gasteiger partial charge in [-0.05, 0) is 79.6 Å². The maximum atomic E-state index is 12.5. The smallest absolute Gasteiger partial charge is 0.433 e. The molecule has 37 heavy (non-hydrogen) atoms. The van der Waals surface area contributed by atoms with Gasteiger partial charge in [0.15, 0.2) is 6.61 Å². The number of amides is 2. The van der Waals surface area contributed by atoms with Crippen molar-refractivity contribution in [2.24, 2.45) is 0 Å². The monoisotopic (exact) mass is 503 g/mol. The lowest BCUT2D eigenvalue weighted by Crippen LogP contribution is -2.36. The molecule has 9 nitrogen and oxygen atoms in total. The van der Waals surface area contributed by atoms with Crippen LogP contribution in [0, 0.1) is 24.0 Å². The van der Waals surface area contributed by atoms with E-state index in [-0.39, 0.29) is 30.1 Å². The molecule has 1 aliphatic rings. The number of hydrogen-bond acceptors (Lipinski definition) is 6. The second-order valence-corrected chi connectivity index (χ2v) is 9.09. The average Bonchev–Trinajstić information content (AvgIpc) is 3.38. The van der Waals surface area contributed by atoms with Gasteiger partial charge in [0.05, 0.1) is 6.07 Å². The minimum Gasteiger partial charge on any atom is -0.483 e. The summed E-state index contributed by atoms with van der Waals surface area (Å²) in [6.45, 7) is 5.08. The number of nitrogens with zero attached hydrogens (tertiary/aromatic N) is 2. The average molecular weight is 504 g/mol. The SMILES string of the molecule is Cc1ccc(C)c(OCC(=O)Nc2ccc(C3CCN(C(=O)/C=C/c4ccc([N+](=O)[O-])o4)CC3)cc2)c1. The van der Waals surface area contributed by atoms with Gasteiger partial charge < -0.3 is 19.4 Å². The van der Waals surface area contributed by atoms with Gasteiger partial charge in [-0.2, -0.15) is 0 Å². The molecule has 1 fully saturated rings. The number of carbonyl (C=O) groups is 2. The summed E-state index contributed by atoms with van der Waals surface area (Å²) < 4.78 is 10.7. The molecule has 1 saturated heterocycles. The molecule has 0 aliphatic carbocycles. The van der Waals surface area contributed by atoms with Crippen LogP contribution in [0.4, 0.5) is 11.6 Å². The highest BCUT2D eigenvalue weighted by Crippen LogP contribution is 2.29. The van der Waals surface area contributed by atoms with Crippen LogP contribution < -0.4 is 10.1 Å². The molecule has 2 heterocycles. The second kappa shape index (κ2) is 11.6. The molecule has 3 aromatic rings. The van der Waals surface area contributed by atoms with Crippen LogP contribution in [0.15, 0.2) is 65.1 Å². The van der Waals surface area contributed by atoms with Gasteiger partial charge in [-0.15, -0.1) is 0 Å². The molecular weight excluding hydrogens is 474 g/mol. The highest BCUT2D eigenvalue weighted by molar-refractivity contribution is 5.92. The van der Waals surface area contributed by atoms with E-state index in [1.165, 1.54) is 24.3 Å². The van der Waals surface area contributed by atoms with Crippen molar-refractivity contribution in [3.05, 3.63) is 93.2 Å². The summed E-state index contributed by atoms with van der Waals surface area (Å²) in [5.41, 5.74) is 3.92. The summed E-state index contributed by atoms with van der Waals surface area (Å²) in [4.78, 5) is 36.7. The van der Waals surface area contributed by atoms with Gasteiger partial charge in [0.1, 0.15) is 16.4 Å². The van der Waals surface area contributed by atoms with E-state index in [4.69, 9.17) is 9.15 Å². The Morgan fingerprint density at radius 2 is 1.84 bits per heavy atom. The number of rotatable bonds is 8. The summed E-state index contributed by atoms with van der Waals surface area (Å²) in [5, 5.41) is 13.6. The van der Waals surface area contributed by atoms with E-state index in [1.807, 2.05) is 56.3 Å².